The van der Waals surface area contributed by atoms with Gasteiger partial charge < -0.3 is 5.73 Å². The van der Waals surface area contributed by atoms with E-state index in [4.69, 9.17) is 5.73 Å². The molecule has 18 heavy (non-hydrogen) atoms. The second kappa shape index (κ2) is 6.12. The predicted molar refractivity (Wildman–Crippen MR) is 76.6 cm³/mol. The Bertz CT molecular complexity index is 465. The Morgan fingerprint density at radius 1 is 1.33 bits per heavy atom. The fourth-order valence-corrected chi connectivity index (χ4v) is 4.72. The Hall–Kier alpha value is -0.460. The average molecular weight is 290 g/mol. The lowest BCUT2D eigenvalue weighted by atomic mass is 10.1. The van der Waals surface area contributed by atoms with Gasteiger partial charge in [-0.2, -0.15) is 0 Å². The fraction of sp³-hybridized carbons (Fsp3) is 0.750. The van der Waals surface area contributed by atoms with Crippen molar-refractivity contribution in [3.63, 3.8) is 0 Å². The number of sulfone groups is 1. The topological polar surface area (TPSA) is 73.0 Å². The molecular formula is C12H22N2O2S2. The second-order valence-electron chi connectivity index (χ2n) is 4.89. The van der Waals surface area contributed by atoms with Gasteiger partial charge in [0.25, 0.3) is 0 Å². The van der Waals surface area contributed by atoms with Gasteiger partial charge in [-0.05, 0) is 19.3 Å². The third-order valence-corrected chi connectivity index (χ3v) is 5.74. The fourth-order valence-electron chi connectivity index (χ4n) is 1.76. The molecule has 0 aliphatic carbocycles. The van der Waals surface area contributed by atoms with E-state index in [-0.39, 0.29) is 23.5 Å². The normalized spacial score (nSPS) is 14.1. The molecule has 0 spiro atoms. The lowest BCUT2D eigenvalue weighted by Gasteiger charge is -2.07. The summed E-state index contributed by atoms with van der Waals surface area (Å²) in [6.07, 6.45) is 0.644. The summed E-state index contributed by atoms with van der Waals surface area (Å²) in [5, 5.41) is 0.666. The number of thiazole rings is 1. The first-order chi connectivity index (χ1) is 8.26. The standard InChI is InChI=1S/C12H22N2O2S2/c1-5-6-18(15,16)7-10-14-11(8(2)3)12(17-10)9(4)13/h8-9H,5-7,13H2,1-4H3. The van der Waals surface area contributed by atoms with Crippen LogP contribution in [0, 0.1) is 0 Å². The first kappa shape index (κ1) is 15.6. The van der Waals surface area contributed by atoms with E-state index in [1.807, 2.05) is 27.7 Å². The molecule has 0 bridgehead atoms. The molecule has 0 saturated heterocycles. The highest BCUT2D eigenvalue weighted by Crippen LogP contribution is 2.30. The molecule has 0 aromatic carbocycles. The van der Waals surface area contributed by atoms with Crippen LogP contribution >= 0.6 is 11.3 Å². The van der Waals surface area contributed by atoms with Crippen molar-refractivity contribution < 1.29 is 8.42 Å². The summed E-state index contributed by atoms with van der Waals surface area (Å²) in [6, 6.07) is -0.0949. The minimum Gasteiger partial charge on any atom is -0.323 e. The van der Waals surface area contributed by atoms with Crippen molar-refractivity contribution in [2.75, 3.05) is 5.75 Å². The minimum absolute atomic E-state index is 0.0396. The highest BCUT2D eigenvalue weighted by molar-refractivity contribution is 7.90. The van der Waals surface area contributed by atoms with Crippen LogP contribution < -0.4 is 5.73 Å². The quantitative estimate of drug-likeness (QED) is 0.874. The van der Waals surface area contributed by atoms with E-state index in [0.29, 0.717) is 11.4 Å². The van der Waals surface area contributed by atoms with Crippen LogP contribution in [0.4, 0.5) is 0 Å². The summed E-state index contributed by atoms with van der Waals surface area (Å²) in [7, 11) is -3.03. The van der Waals surface area contributed by atoms with E-state index in [1.165, 1.54) is 11.3 Å². The van der Waals surface area contributed by atoms with E-state index in [1.54, 1.807) is 0 Å². The Morgan fingerprint density at radius 2 is 1.94 bits per heavy atom. The summed E-state index contributed by atoms with van der Waals surface area (Å²) >= 11 is 1.43. The van der Waals surface area contributed by atoms with Crippen molar-refractivity contribution in [3.05, 3.63) is 15.6 Å². The van der Waals surface area contributed by atoms with Crippen molar-refractivity contribution >= 4 is 21.2 Å². The predicted octanol–water partition coefficient (Wildman–Crippen LogP) is 2.61. The van der Waals surface area contributed by atoms with Crippen LogP contribution in [0.2, 0.25) is 0 Å². The molecule has 0 aliphatic rings. The molecule has 104 valence electrons. The molecule has 4 nitrogen and oxygen atoms in total. The van der Waals surface area contributed by atoms with Crippen LogP contribution in [-0.2, 0) is 15.6 Å². The Morgan fingerprint density at radius 3 is 2.33 bits per heavy atom. The second-order valence-corrected chi connectivity index (χ2v) is 8.19. The molecule has 1 aromatic heterocycles. The molecule has 0 amide bonds. The first-order valence-electron chi connectivity index (χ1n) is 6.22. The summed E-state index contributed by atoms with van der Waals surface area (Å²) in [6.45, 7) is 7.87. The molecule has 0 aliphatic heterocycles. The first-order valence-corrected chi connectivity index (χ1v) is 8.86. The van der Waals surface area contributed by atoms with E-state index in [2.05, 4.69) is 4.98 Å². The van der Waals surface area contributed by atoms with Gasteiger partial charge in [-0.25, -0.2) is 13.4 Å². The van der Waals surface area contributed by atoms with Gasteiger partial charge in [-0.15, -0.1) is 11.3 Å². The monoisotopic (exact) mass is 290 g/mol. The van der Waals surface area contributed by atoms with E-state index < -0.39 is 9.84 Å². The van der Waals surface area contributed by atoms with E-state index in [9.17, 15) is 8.42 Å². The largest absolute Gasteiger partial charge is 0.323 e. The highest BCUT2D eigenvalue weighted by atomic mass is 32.2. The van der Waals surface area contributed by atoms with Gasteiger partial charge in [0.05, 0.1) is 11.4 Å². The summed E-state index contributed by atoms with van der Waals surface area (Å²) < 4.78 is 23.6. The average Bonchev–Trinajstić information content (AvgIpc) is 2.60. The van der Waals surface area contributed by atoms with Crippen molar-refractivity contribution in [3.8, 4) is 0 Å². The lowest BCUT2D eigenvalue weighted by Crippen LogP contribution is -2.08. The molecule has 1 aromatic rings. The van der Waals surface area contributed by atoms with Crippen LogP contribution in [-0.4, -0.2) is 19.2 Å². The number of hydrogen-bond acceptors (Lipinski definition) is 5. The van der Waals surface area contributed by atoms with Gasteiger partial charge in [-0.3, -0.25) is 0 Å². The maximum Gasteiger partial charge on any atom is 0.156 e. The number of rotatable bonds is 6. The number of nitrogens with zero attached hydrogens (tertiary/aromatic N) is 1. The van der Waals surface area contributed by atoms with Crippen molar-refractivity contribution in [1.29, 1.82) is 0 Å². The number of aromatic nitrogens is 1. The van der Waals surface area contributed by atoms with Gasteiger partial charge in [0.1, 0.15) is 10.8 Å². The molecule has 0 radical (unpaired) electrons. The van der Waals surface area contributed by atoms with E-state index in [0.717, 1.165) is 10.6 Å². The molecule has 1 unspecified atom stereocenters. The SMILES string of the molecule is CCCS(=O)(=O)Cc1nc(C(C)C)c(C(C)N)s1. The number of hydrogen-bond donors (Lipinski definition) is 1. The minimum atomic E-state index is -3.03. The molecule has 2 N–H and O–H groups in total. The summed E-state index contributed by atoms with van der Waals surface area (Å²) in [5.41, 5.74) is 6.85. The summed E-state index contributed by atoms with van der Waals surface area (Å²) in [5.74, 6) is 0.527. The zero-order chi connectivity index (χ0) is 13.9. The molecule has 0 fully saturated rings. The zero-order valence-electron chi connectivity index (χ0n) is 11.4. The third kappa shape index (κ3) is 4.03. The van der Waals surface area contributed by atoms with E-state index >= 15 is 0 Å². The Balaban J connectivity index is 3.02. The van der Waals surface area contributed by atoms with Crippen molar-refractivity contribution in [2.45, 2.75) is 51.8 Å². The van der Waals surface area contributed by atoms with Gasteiger partial charge in [0, 0.05) is 10.9 Å². The molecular weight excluding hydrogens is 268 g/mol. The van der Waals surface area contributed by atoms with Gasteiger partial charge >= 0.3 is 0 Å². The summed E-state index contributed by atoms with van der Waals surface area (Å²) in [4.78, 5) is 5.46. The Kier molecular flexibility index (Phi) is 5.31. The molecule has 1 heterocycles. The van der Waals surface area contributed by atoms with Crippen LogP contribution in [0.25, 0.3) is 0 Å². The van der Waals surface area contributed by atoms with Gasteiger partial charge in [-0.1, -0.05) is 20.8 Å². The molecule has 6 heteroatoms. The zero-order valence-corrected chi connectivity index (χ0v) is 13.1. The van der Waals surface area contributed by atoms with Gasteiger partial charge in [0.15, 0.2) is 9.84 Å². The Labute approximate surface area is 114 Å². The van der Waals surface area contributed by atoms with Crippen molar-refractivity contribution in [2.24, 2.45) is 5.73 Å². The van der Waals surface area contributed by atoms with Crippen LogP contribution in [0.3, 0.4) is 0 Å². The van der Waals surface area contributed by atoms with Crippen LogP contribution in [0.5, 0.6) is 0 Å². The third-order valence-electron chi connectivity index (χ3n) is 2.54. The molecule has 0 saturated carbocycles. The maximum atomic E-state index is 11.8. The highest BCUT2D eigenvalue weighted by Gasteiger charge is 2.20. The molecule has 1 rings (SSSR count). The van der Waals surface area contributed by atoms with Crippen molar-refractivity contribution in [1.82, 2.24) is 4.98 Å². The number of nitrogens with two attached hydrogens (primary N) is 1. The van der Waals surface area contributed by atoms with Crippen LogP contribution in [0.1, 0.15) is 61.7 Å². The lowest BCUT2D eigenvalue weighted by molar-refractivity contribution is 0.593. The smallest absolute Gasteiger partial charge is 0.156 e. The maximum absolute atomic E-state index is 11.8. The molecule has 1 atom stereocenters. The van der Waals surface area contributed by atoms with Crippen LogP contribution in [0.15, 0.2) is 0 Å². The van der Waals surface area contributed by atoms with Gasteiger partial charge in [0.2, 0.25) is 0 Å².